The first-order chi connectivity index (χ1) is 15.0. The summed E-state index contributed by atoms with van der Waals surface area (Å²) >= 11 is 0. The van der Waals surface area contributed by atoms with Crippen molar-refractivity contribution in [1.82, 2.24) is 19.7 Å². The highest BCUT2D eigenvalue weighted by atomic mass is 16.2. The van der Waals surface area contributed by atoms with Gasteiger partial charge in [0.25, 0.3) is 5.91 Å². The zero-order valence-corrected chi connectivity index (χ0v) is 17.9. The second-order valence-electron chi connectivity index (χ2n) is 8.00. The second-order valence-corrected chi connectivity index (χ2v) is 8.00. The van der Waals surface area contributed by atoms with Crippen LogP contribution in [0.3, 0.4) is 0 Å². The third-order valence-corrected chi connectivity index (χ3v) is 5.88. The minimum absolute atomic E-state index is 0.0301. The van der Waals surface area contributed by atoms with Gasteiger partial charge in [-0.3, -0.25) is 9.48 Å². The molecule has 0 bridgehead atoms. The Morgan fingerprint density at radius 2 is 1.90 bits per heavy atom. The van der Waals surface area contributed by atoms with E-state index in [2.05, 4.69) is 35.7 Å². The molecule has 154 valence electrons. The van der Waals surface area contributed by atoms with Gasteiger partial charge in [0.2, 0.25) is 0 Å². The number of carbonyl (C=O) groups is 1. The number of aryl methyl sites for hydroxylation is 2. The number of nitrogens with zero attached hydrogens (tertiary/aromatic N) is 5. The third-order valence-electron chi connectivity index (χ3n) is 5.88. The van der Waals surface area contributed by atoms with Gasteiger partial charge in [-0.05, 0) is 62.7 Å². The van der Waals surface area contributed by atoms with Crippen LogP contribution in [0.4, 0.5) is 5.69 Å². The van der Waals surface area contributed by atoms with Crippen LogP contribution in [0.5, 0.6) is 0 Å². The molecule has 2 aromatic carbocycles. The molecule has 31 heavy (non-hydrogen) atoms. The molecular weight excluding hydrogens is 386 g/mol. The van der Waals surface area contributed by atoms with Crippen LogP contribution in [-0.4, -0.2) is 32.2 Å². The molecule has 0 atom stereocenters. The Bertz CT molecular complexity index is 1370. The second kappa shape index (κ2) is 7.16. The Hall–Kier alpha value is -3.80. The predicted molar refractivity (Wildman–Crippen MR) is 123 cm³/mol. The zero-order chi connectivity index (χ0) is 21.7. The Morgan fingerprint density at radius 3 is 2.68 bits per heavy atom. The smallest absolute Gasteiger partial charge is 0.276 e. The molecule has 1 aliphatic heterocycles. The maximum absolute atomic E-state index is 13.3. The summed E-state index contributed by atoms with van der Waals surface area (Å²) in [5, 5.41) is 5.52. The number of carbonyl (C=O) groups excluding carboxylic acids is 1. The molecule has 0 radical (unpaired) electrons. The van der Waals surface area contributed by atoms with Crippen molar-refractivity contribution in [2.45, 2.75) is 27.3 Å². The first-order valence-electron chi connectivity index (χ1n) is 10.3. The van der Waals surface area contributed by atoms with Crippen molar-refractivity contribution in [3.05, 3.63) is 77.3 Å². The molecule has 0 spiro atoms. The highest BCUT2D eigenvalue weighted by Crippen LogP contribution is 2.30. The van der Waals surface area contributed by atoms with E-state index >= 15 is 0 Å². The molecule has 0 saturated heterocycles. The van der Waals surface area contributed by atoms with Crippen molar-refractivity contribution in [2.75, 3.05) is 11.4 Å². The molecule has 3 heterocycles. The van der Waals surface area contributed by atoms with E-state index in [1.807, 2.05) is 49.2 Å². The molecule has 1 aliphatic rings. The summed E-state index contributed by atoms with van der Waals surface area (Å²) in [7, 11) is 0. The largest absolute Gasteiger partial charge is 0.305 e. The summed E-state index contributed by atoms with van der Waals surface area (Å²) in [6, 6.07) is 12.2. The van der Waals surface area contributed by atoms with Crippen molar-refractivity contribution in [3.8, 4) is 11.4 Å². The van der Waals surface area contributed by atoms with Gasteiger partial charge in [-0.1, -0.05) is 18.2 Å². The Balaban J connectivity index is 1.50. The van der Waals surface area contributed by atoms with Gasteiger partial charge >= 0.3 is 0 Å². The van der Waals surface area contributed by atoms with Gasteiger partial charge in [0.05, 0.1) is 17.8 Å². The summed E-state index contributed by atoms with van der Waals surface area (Å²) in [6.45, 7) is 11.0. The van der Waals surface area contributed by atoms with Crippen molar-refractivity contribution in [1.29, 1.82) is 0 Å². The van der Waals surface area contributed by atoms with E-state index < -0.39 is 0 Å². The average Bonchev–Trinajstić information content (AvgIpc) is 3.10. The number of hydrogen-bond donors (Lipinski definition) is 0. The van der Waals surface area contributed by atoms with Crippen molar-refractivity contribution in [2.24, 2.45) is 0 Å². The number of hydrogen-bond acceptors (Lipinski definition) is 4. The number of amides is 1. The Morgan fingerprint density at radius 1 is 1.06 bits per heavy atom. The topological polar surface area (TPSA) is 63.9 Å². The van der Waals surface area contributed by atoms with Gasteiger partial charge in [-0.15, -0.1) is 0 Å². The highest BCUT2D eigenvalue weighted by Gasteiger charge is 2.30. The molecular formula is C25H23N5O. The standard InChI is InChI=1S/C25H23N5O/c1-5-20-17(4)23-25(31)29(10-11-30(23)28-20)22-9-7-18(13-16(22)3)24-26-14-19-12-15(2)6-8-21(19)27-24/h5-9,12-14H,1,10-11H2,2-4H3. The average molecular weight is 409 g/mol. The molecule has 2 aromatic heterocycles. The molecule has 6 heteroatoms. The molecule has 0 saturated carbocycles. The normalized spacial score (nSPS) is 13.5. The van der Waals surface area contributed by atoms with Crippen molar-refractivity contribution < 1.29 is 4.79 Å². The van der Waals surface area contributed by atoms with Gasteiger partial charge in [0, 0.05) is 34.9 Å². The number of benzene rings is 2. The fourth-order valence-electron chi connectivity index (χ4n) is 4.24. The molecule has 0 unspecified atom stereocenters. The number of rotatable bonds is 3. The van der Waals surface area contributed by atoms with Crippen LogP contribution in [0, 0.1) is 20.8 Å². The minimum atomic E-state index is -0.0301. The predicted octanol–water partition coefficient (Wildman–Crippen LogP) is 4.72. The van der Waals surface area contributed by atoms with E-state index in [1.165, 1.54) is 5.56 Å². The van der Waals surface area contributed by atoms with Crippen LogP contribution in [0.15, 0.2) is 49.2 Å². The zero-order valence-electron chi connectivity index (χ0n) is 17.9. The van der Waals surface area contributed by atoms with Gasteiger partial charge in [-0.25, -0.2) is 9.97 Å². The summed E-state index contributed by atoms with van der Waals surface area (Å²) in [5.41, 5.74) is 7.23. The van der Waals surface area contributed by atoms with Crippen LogP contribution >= 0.6 is 0 Å². The van der Waals surface area contributed by atoms with E-state index in [9.17, 15) is 4.79 Å². The molecule has 0 aliphatic carbocycles. The number of aromatic nitrogens is 4. The van der Waals surface area contributed by atoms with Crippen LogP contribution < -0.4 is 4.90 Å². The van der Waals surface area contributed by atoms with Crippen molar-refractivity contribution in [3.63, 3.8) is 0 Å². The monoisotopic (exact) mass is 409 g/mol. The molecule has 5 rings (SSSR count). The van der Waals surface area contributed by atoms with Crippen LogP contribution in [0.25, 0.3) is 28.4 Å². The third kappa shape index (κ3) is 3.11. The first kappa shape index (κ1) is 19.2. The van der Waals surface area contributed by atoms with Crippen LogP contribution in [0.2, 0.25) is 0 Å². The van der Waals surface area contributed by atoms with E-state index in [1.54, 1.807) is 10.8 Å². The van der Waals surface area contributed by atoms with Gasteiger partial charge in [-0.2, -0.15) is 5.10 Å². The Kier molecular flexibility index (Phi) is 4.43. The summed E-state index contributed by atoms with van der Waals surface area (Å²) in [4.78, 5) is 24.4. The molecule has 0 N–H and O–H groups in total. The SMILES string of the molecule is C=Cc1nn2c(c1C)C(=O)N(c1ccc(-c3ncc4cc(C)ccc4n3)cc1C)CC2. The van der Waals surface area contributed by atoms with E-state index in [0.717, 1.165) is 39.0 Å². The lowest BCUT2D eigenvalue weighted by atomic mass is 10.1. The summed E-state index contributed by atoms with van der Waals surface area (Å²) < 4.78 is 1.79. The maximum atomic E-state index is 13.3. The minimum Gasteiger partial charge on any atom is -0.305 e. The summed E-state index contributed by atoms with van der Waals surface area (Å²) in [5.74, 6) is 0.651. The maximum Gasteiger partial charge on any atom is 0.276 e. The lowest BCUT2D eigenvalue weighted by molar-refractivity contribution is 0.0961. The molecule has 0 fully saturated rings. The quantitative estimate of drug-likeness (QED) is 0.491. The fraction of sp³-hybridized carbons (Fsp3) is 0.200. The fourth-order valence-corrected chi connectivity index (χ4v) is 4.24. The first-order valence-corrected chi connectivity index (χ1v) is 10.3. The van der Waals surface area contributed by atoms with Crippen molar-refractivity contribution >= 4 is 28.6 Å². The molecule has 6 nitrogen and oxygen atoms in total. The van der Waals surface area contributed by atoms with Gasteiger partial charge in [0.1, 0.15) is 5.69 Å². The lowest BCUT2D eigenvalue weighted by Gasteiger charge is -2.29. The van der Waals surface area contributed by atoms with Gasteiger partial charge < -0.3 is 4.90 Å². The number of fused-ring (bicyclic) bond motifs is 2. The van der Waals surface area contributed by atoms with Crippen LogP contribution in [-0.2, 0) is 6.54 Å². The van der Waals surface area contributed by atoms with Gasteiger partial charge in [0.15, 0.2) is 5.82 Å². The lowest BCUT2D eigenvalue weighted by Crippen LogP contribution is -2.41. The summed E-state index contributed by atoms with van der Waals surface area (Å²) in [6.07, 6.45) is 3.56. The number of anilines is 1. The van der Waals surface area contributed by atoms with E-state index in [4.69, 9.17) is 4.98 Å². The van der Waals surface area contributed by atoms with E-state index in [0.29, 0.717) is 24.6 Å². The van der Waals surface area contributed by atoms with E-state index in [-0.39, 0.29) is 5.91 Å². The highest BCUT2D eigenvalue weighted by molar-refractivity contribution is 6.07. The molecule has 4 aromatic rings. The van der Waals surface area contributed by atoms with Crippen LogP contribution in [0.1, 0.15) is 32.9 Å². The Labute approximate surface area is 180 Å². The molecule has 1 amide bonds.